The van der Waals surface area contributed by atoms with Gasteiger partial charge in [-0.25, -0.2) is 13.9 Å². The first-order valence-corrected chi connectivity index (χ1v) is 8.51. The number of halogens is 1. The Kier molecular flexibility index (Phi) is 4.99. The van der Waals surface area contributed by atoms with Gasteiger partial charge in [-0.2, -0.15) is 5.10 Å². The van der Waals surface area contributed by atoms with Crippen LogP contribution in [0, 0.1) is 12.8 Å². The van der Waals surface area contributed by atoms with E-state index in [1.54, 1.807) is 0 Å². The Hall–Kier alpha value is -1.76. The molecule has 2 aliphatic rings. The summed E-state index contributed by atoms with van der Waals surface area (Å²) in [7, 11) is 1.33. The second-order valence-corrected chi connectivity index (χ2v) is 6.88. The van der Waals surface area contributed by atoms with Gasteiger partial charge in [-0.1, -0.05) is 12.8 Å². The van der Waals surface area contributed by atoms with Crippen molar-refractivity contribution in [3.05, 3.63) is 27.7 Å². The van der Waals surface area contributed by atoms with Crippen molar-refractivity contribution in [3.63, 3.8) is 0 Å². The summed E-state index contributed by atoms with van der Waals surface area (Å²) in [6.07, 6.45) is 2.67. The quantitative estimate of drug-likeness (QED) is 0.701. The van der Waals surface area contributed by atoms with E-state index in [0.717, 1.165) is 24.1 Å². The number of aryl methyl sites for hydroxylation is 1. The molecule has 1 aliphatic carbocycles. The Morgan fingerprint density at radius 3 is 2.75 bits per heavy atom. The average molecular weight is 337 g/mol. The lowest BCUT2D eigenvalue weighted by atomic mass is 10.1. The molecule has 0 radical (unpaired) electrons. The standard InChI is InChI=1S/C17H24FN3O3/c1-11-7-16(22)21(15(17(23)24-2)8-12-3-4-12)19-14(11)5-6-20-9-13(18)10-20/h7,12-13,15H,3-6,8-10H2,1-2H3/t15-/m0/s1. The molecule has 132 valence electrons. The number of methoxy groups -OCH3 is 1. The lowest BCUT2D eigenvalue weighted by Gasteiger charge is -2.34. The number of aromatic nitrogens is 2. The monoisotopic (exact) mass is 337 g/mol. The molecule has 24 heavy (non-hydrogen) atoms. The molecule has 0 spiro atoms. The van der Waals surface area contributed by atoms with Crippen LogP contribution < -0.4 is 5.56 Å². The van der Waals surface area contributed by atoms with Crippen LogP contribution in [-0.2, 0) is 16.0 Å². The zero-order chi connectivity index (χ0) is 17.3. The van der Waals surface area contributed by atoms with Crippen molar-refractivity contribution in [1.29, 1.82) is 0 Å². The van der Waals surface area contributed by atoms with Crippen molar-refractivity contribution in [2.45, 2.75) is 44.8 Å². The first kappa shape index (κ1) is 17.1. The van der Waals surface area contributed by atoms with E-state index >= 15 is 0 Å². The molecule has 1 saturated carbocycles. The first-order valence-electron chi connectivity index (χ1n) is 8.51. The summed E-state index contributed by atoms with van der Waals surface area (Å²) in [5.41, 5.74) is 1.31. The smallest absolute Gasteiger partial charge is 0.330 e. The van der Waals surface area contributed by atoms with Gasteiger partial charge in [0.25, 0.3) is 5.56 Å². The van der Waals surface area contributed by atoms with Gasteiger partial charge in [-0.05, 0) is 24.8 Å². The minimum absolute atomic E-state index is 0.278. The lowest BCUT2D eigenvalue weighted by molar-refractivity contribution is -0.145. The van der Waals surface area contributed by atoms with Crippen LogP contribution in [-0.4, -0.2) is 53.6 Å². The maximum Gasteiger partial charge on any atom is 0.330 e. The van der Waals surface area contributed by atoms with Gasteiger partial charge in [-0.3, -0.25) is 9.69 Å². The molecule has 6 nitrogen and oxygen atoms in total. The second-order valence-electron chi connectivity index (χ2n) is 6.88. The van der Waals surface area contributed by atoms with Gasteiger partial charge >= 0.3 is 5.97 Å². The summed E-state index contributed by atoms with van der Waals surface area (Å²) >= 11 is 0. The first-order chi connectivity index (χ1) is 11.5. The third-order valence-electron chi connectivity index (χ3n) is 4.85. The second kappa shape index (κ2) is 7.01. The van der Waals surface area contributed by atoms with E-state index in [0.29, 0.717) is 38.4 Å². The molecule has 2 fully saturated rings. The summed E-state index contributed by atoms with van der Waals surface area (Å²) in [6.45, 7) is 3.48. The van der Waals surface area contributed by atoms with Crippen molar-refractivity contribution in [1.82, 2.24) is 14.7 Å². The molecule has 0 amide bonds. The van der Waals surface area contributed by atoms with Crippen molar-refractivity contribution >= 4 is 5.97 Å². The van der Waals surface area contributed by atoms with Crippen LogP contribution in [0.15, 0.2) is 10.9 Å². The summed E-state index contributed by atoms with van der Waals surface area (Å²) in [5, 5.41) is 4.45. The van der Waals surface area contributed by atoms with Gasteiger partial charge in [0.2, 0.25) is 0 Å². The van der Waals surface area contributed by atoms with Gasteiger partial charge in [0.1, 0.15) is 6.17 Å². The maximum atomic E-state index is 12.9. The van der Waals surface area contributed by atoms with E-state index in [9.17, 15) is 14.0 Å². The van der Waals surface area contributed by atoms with E-state index in [-0.39, 0.29) is 5.56 Å². The molecule has 1 aromatic heterocycles. The molecule has 1 saturated heterocycles. The third-order valence-corrected chi connectivity index (χ3v) is 4.85. The molecular formula is C17H24FN3O3. The molecule has 1 aromatic rings. The predicted octanol–water partition coefficient (Wildman–Crippen LogP) is 1.26. The van der Waals surface area contributed by atoms with E-state index in [4.69, 9.17) is 4.74 Å². The number of esters is 1. The SMILES string of the molecule is COC(=O)[C@H](CC1CC1)n1nc(CCN2CC(F)C2)c(C)cc1=O. The van der Waals surface area contributed by atoms with Crippen LogP contribution in [0.3, 0.4) is 0 Å². The van der Waals surface area contributed by atoms with E-state index in [2.05, 4.69) is 5.10 Å². The highest BCUT2D eigenvalue weighted by Crippen LogP contribution is 2.36. The summed E-state index contributed by atoms with van der Waals surface area (Å²) in [6, 6.07) is 0.868. The number of likely N-dealkylation sites (tertiary alicyclic amines) is 1. The minimum Gasteiger partial charge on any atom is -0.467 e. The Morgan fingerprint density at radius 2 is 2.17 bits per heavy atom. The van der Waals surface area contributed by atoms with Gasteiger partial charge in [0.05, 0.1) is 12.8 Å². The molecule has 1 aliphatic heterocycles. The number of alkyl halides is 1. The number of hydrogen-bond acceptors (Lipinski definition) is 5. The maximum absolute atomic E-state index is 12.9. The lowest BCUT2D eigenvalue weighted by Crippen LogP contribution is -2.49. The number of rotatable bonds is 7. The number of carbonyl (C=O) groups is 1. The van der Waals surface area contributed by atoms with Crippen LogP contribution in [0.5, 0.6) is 0 Å². The van der Waals surface area contributed by atoms with Crippen LogP contribution in [0.4, 0.5) is 4.39 Å². The highest BCUT2D eigenvalue weighted by molar-refractivity contribution is 5.74. The highest BCUT2D eigenvalue weighted by Gasteiger charge is 2.33. The van der Waals surface area contributed by atoms with E-state index < -0.39 is 18.2 Å². The number of carbonyl (C=O) groups excluding carboxylic acids is 1. The Labute approximate surface area is 140 Å². The molecular weight excluding hydrogens is 313 g/mol. The van der Waals surface area contributed by atoms with Crippen LogP contribution >= 0.6 is 0 Å². The fraction of sp³-hybridized carbons (Fsp3) is 0.706. The Morgan fingerprint density at radius 1 is 1.46 bits per heavy atom. The van der Waals surface area contributed by atoms with Crippen molar-refractivity contribution in [2.24, 2.45) is 5.92 Å². The normalized spacial score (nSPS) is 19.8. The highest BCUT2D eigenvalue weighted by atomic mass is 19.1. The van der Waals surface area contributed by atoms with Crippen LogP contribution in [0.1, 0.15) is 36.6 Å². The fourth-order valence-corrected chi connectivity index (χ4v) is 3.12. The van der Waals surface area contributed by atoms with E-state index in [1.807, 2.05) is 11.8 Å². The third kappa shape index (κ3) is 3.83. The van der Waals surface area contributed by atoms with Gasteiger partial charge < -0.3 is 4.74 Å². The molecule has 0 aromatic carbocycles. The fourth-order valence-electron chi connectivity index (χ4n) is 3.12. The van der Waals surface area contributed by atoms with Crippen molar-refractivity contribution < 1.29 is 13.9 Å². The molecule has 3 rings (SSSR count). The number of ether oxygens (including phenoxy) is 1. The van der Waals surface area contributed by atoms with Gasteiger partial charge in [-0.15, -0.1) is 0 Å². The van der Waals surface area contributed by atoms with Crippen LogP contribution in [0.25, 0.3) is 0 Å². The average Bonchev–Trinajstić information content (AvgIpc) is 3.33. The summed E-state index contributed by atoms with van der Waals surface area (Å²) in [4.78, 5) is 26.5. The molecule has 0 bridgehead atoms. The molecule has 7 heteroatoms. The van der Waals surface area contributed by atoms with Crippen LogP contribution in [0.2, 0.25) is 0 Å². The molecule has 1 atom stereocenters. The molecule has 0 N–H and O–H groups in total. The van der Waals surface area contributed by atoms with Gasteiger partial charge in [0.15, 0.2) is 6.04 Å². The topological polar surface area (TPSA) is 64.4 Å². The molecule has 2 heterocycles. The van der Waals surface area contributed by atoms with Gasteiger partial charge in [0, 0.05) is 32.1 Å². The Bertz CT molecular complexity index is 666. The van der Waals surface area contributed by atoms with Crippen molar-refractivity contribution in [2.75, 3.05) is 26.7 Å². The zero-order valence-electron chi connectivity index (χ0n) is 14.2. The Balaban J connectivity index is 1.78. The molecule has 0 unspecified atom stereocenters. The van der Waals surface area contributed by atoms with E-state index in [1.165, 1.54) is 17.9 Å². The van der Waals surface area contributed by atoms with Crippen molar-refractivity contribution in [3.8, 4) is 0 Å². The predicted molar refractivity (Wildman–Crippen MR) is 86.7 cm³/mol. The summed E-state index contributed by atoms with van der Waals surface area (Å²) < 4.78 is 19.0. The number of nitrogens with zero attached hydrogens (tertiary/aromatic N) is 3. The number of hydrogen-bond donors (Lipinski definition) is 0. The largest absolute Gasteiger partial charge is 0.467 e. The summed E-state index contributed by atoms with van der Waals surface area (Å²) in [5.74, 6) is 0.0458. The minimum atomic E-state index is -0.727. The zero-order valence-corrected chi connectivity index (χ0v) is 14.2.